The SMILES string of the molecule is C#C/C=C(OCC(=O)[C@H](CCCCN)NC(=O)C1CCCC1)\C(F)=C(/C)F. The average Bonchev–Trinajstić information content (AvgIpc) is 3.18. The molecular formula is C20H28F2N2O3. The van der Waals surface area contributed by atoms with Crippen LogP contribution in [0.3, 0.4) is 0 Å². The highest BCUT2D eigenvalue weighted by Gasteiger charge is 2.27. The first-order valence-corrected chi connectivity index (χ1v) is 9.25. The molecular weight excluding hydrogens is 354 g/mol. The van der Waals surface area contributed by atoms with Crippen LogP contribution in [-0.2, 0) is 14.3 Å². The Morgan fingerprint density at radius 1 is 1.33 bits per heavy atom. The topological polar surface area (TPSA) is 81.4 Å². The van der Waals surface area contributed by atoms with Gasteiger partial charge in [-0.3, -0.25) is 9.59 Å². The molecule has 0 aromatic carbocycles. The molecule has 150 valence electrons. The fourth-order valence-corrected chi connectivity index (χ4v) is 2.95. The van der Waals surface area contributed by atoms with E-state index in [1.165, 1.54) is 0 Å². The molecule has 0 spiro atoms. The molecule has 0 aromatic rings. The number of rotatable bonds is 11. The van der Waals surface area contributed by atoms with Crippen molar-refractivity contribution in [3.8, 4) is 12.3 Å². The van der Waals surface area contributed by atoms with Crippen molar-refractivity contribution in [3.05, 3.63) is 23.5 Å². The monoisotopic (exact) mass is 382 g/mol. The van der Waals surface area contributed by atoms with Gasteiger partial charge in [0.05, 0.1) is 6.04 Å². The lowest BCUT2D eigenvalue weighted by molar-refractivity contribution is -0.131. The molecule has 0 aliphatic heterocycles. The number of amides is 1. The Labute approximate surface area is 159 Å². The second kappa shape index (κ2) is 12.2. The summed E-state index contributed by atoms with van der Waals surface area (Å²) in [5.41, 5.74) is 5.48. The maximum Gasteiger partial charge on any atom is 0.223 e. The maximum atomic E-state index is 13.7. The Kier molecular flexibility index (Phi) is 10.3. The number of carbonyl (C=O) groups is 2. The van der Waals surface area contributed by atoms with E-state index in [2.05, 4.69) is 5.32 Å². The van der Waals surface area contributed by atoms with Gasteiger partial charge in [0, 0.05) is 12.0 Å². The molecule has 1 aliphatic carbocycles. The van der Waals surface area contributed by atoms with Crippen molar-refractivity contribution in [2.75, 3.05) is 13.2 Å². The van der Waals surface area contributed by atoms with E-state index < -0.39 is 35.8 Å². The molecule has 1 saturated carbocycles. The molecule has 1 rings (SSSR count). The van der Waals surface area contributed by atoms with Crippen molar-refractivity contribution >= 4 is 11.7 Å². The normalized spacial score (nSPS) is 17.1. The van der Waals surface area contributed by atoms with Gasteiger partial charge in [0.15, 0.2) is 17.4 Å². The Bertz CT molecular complexity index is 613. The van der Waals surface area contributed by atoms with Gasteiger partial charge in [-0.15, -0.1) is 6.42 Å². The molecule has 1 amide bonds. The fourth-order valence-electron chi connectivity index (χ4n) is 2.95. The van der Waals surface area contributed by atoms with Gasteiger partial charge < -0.3 is 15.8 Å². The molecule has 0 heterocycles. The van der Waals surface area contributed by atoms with E-state index >= 15 is 0 Å². The Balaban J connectivity index is 2.73. The summed E-state index contributed by atoms with van der Waals surface area (Å²) in [4.78, 5) is 24.9. The van der Waals surface area contributed by atoms with E-state index in [0.717, 1.165) is 38.7 Å². The van der Waals surface area contributed by atoms with Crippen molar-refractivity contribution < 1.29 is 23.1 Å². The summed E-state index contributed by atoms with van der Waals surface area (Å²) in [6.07, 6.45) is 11.4. The number of ether oxygens (including phenoxy) is 1. The first kappa shape index (κ1) is 22.8. The molecule has 27 heavy (non-hydrogen) atoms. The molecule has 7 heteroatoms. The quantitative estimate of drug-likeness (QED) is 0.249. The van der Waals surface area contributed by atoms with Gasteiger partial charge in [-0.05, 0) is 45.6 Å². The lowest BCUT2D eigenvalue weighted by Crippen LogP contribution is -2.44. The van der Waals surface area contributed by atoms with Crippen LogP contribution in [0, 0.1) is 18.3 Å². The van der Waals surface area contributed by atoms with Gasteiger partial charge in [-0.2, -0.15) is 4.39 Å². The molecule has 0 radical (unpaired) electrons. The zero-order chi connectivity index (χ0) is 20.2. The van der Waals surface area contributed by atoms with Crippen molar-refractivity contribution in [1.82, 2.24) is 5.32 Å². The third kappa shape index (κ3) is 7.92. The van der Waals surface area contributed by atoms with Crippen LogP contribution in [-0.4, -0.2) is 30.9 Å². The van der Waals surface area contributed by atoms with Crippen molar-refractivity contribution in [3.63, 3.8) is 0 Å². The van der Waals surface area contributed by atoms with E-state index in [0.29, 0.717) is 25.8 Å². The van der Waals surface area contributed by atoms with Crippen molar-refractivity contribution in [2.45, 2.75) is 57.9 Å². The summed E-state index contributed by atoms with van der Waals surface area (Å²) >= 11 is 0. The molecule has 0 aromatic heterocycles. The Morgan fingerprint density at radius 2 is 2.00 bits per heavy atom. The van der Waals surface area contributed by atoms with E-state index in [9.17, 15) is 18.4 Å². The predicted molar refractivity (Wildman–Crippen MR) is 99.6 cm³/mol. The molecule has 1 fully saturated rings. The van der Waals surface area contributed by atoms with E-state index in [4.69, 9.17) is 16.9 Å². The first-order valence-electron chi connectivity index (χ1n) is 9.25. The van der Waals surface area contributed by atoms with E-state index in [1.807, 2.05) is 5.92 Å². The summed E-state index contributed by atoms with van der Waals surface area (Å²) in [7, 11) is 0. The molecule has 0 bridgehead atoms. The number of nitrogens with two attached hydrogens (primary N) is 1. The van der Waals surface area contributed by atoms with Gasteiger partial charge in [0.2, 0.25) is 5.91 Å². The maximum absolute atomic E-state index is 13.7. The fraction of sp³-hybridized carbons (Fsp3) is 0.600. The molecule has 1 atom stereocenters. The van der Waals surface area contributed by atoms with Gasteiger partial charge in [0.1, 0.15) is 12.4 Å². The number of carbonyl (C=O) groups excluding carboxylic acids is 2. The minimum Gasteiger partial charge on any atom is -0.482 e. The number of nitrogens with one attached hydrogen (secondary N) is 1. The summed E-state index contributed by atoms with van der Waals surface area (Å²) in [5, 5.41) is 2.78. The number of hydrogen-bond donors (Lipinski definition) is 2. The molecule has 1 aliphatic rings. The Hall–Kier alpha value is -2.20. The number of Topliss-reactive ketones (excluding diaryl/α,β-unsaturated/α-hetero) is 1. The molecule has 0 unspecified atom stereocenters. The van der Waals surface area contributed by atoms with Gasteiger partial charge in [-0.25, -0.2) is 4.39 Å². The highest BCUT2D eigenvalue weighted by atomic mass is 19.2. The number of unbranched alkanes of at least 4 members (excludes halogenated alkanes) is 1. The number of allylic oxidation sites excluding steroid dienone is 3. The number of terminal acetylenes is 1. The third-order valence-electron chi connectivity index (χ3n) is 4.48. The minimum atomic E-state index is -1.25. The van der Waals surface area contributed by atoms with Crippen molar-refractivity contribution in [2.24, 2.45) is 11.7 Å². The lowest BCUT2D eigenvalue weighted by Gasteiger charge is -2.20. The molecule has 3 N–H and O–H groups in total. The van der Waals surface area contributed by atoms with Crippen LogP contribution in [0.5, 0.6) is 0 Å². The van der Waals surface area contributed by atoms with Crippen LogP contribution in [0.15, 0.2) is 23.5 Å². The average molecular weight is 382 g/mol. The van der Waals surface area contributed by atoms with Crippen LogP contribution in [0.1, 0.15) is 51.9 Å². The minimum absolute atomic E-state index is 0.0813. The standard InChI is InChI=1S/C20H28F2N2O3/c1-3-8-18(19(22)14(2)21)27-13-17(25)16(11-6-7-12-23)24-20(26)15-9-4-5-10-15/h1,8,15-16H,4-7,9-13,23H2,2H3,(H,24,26)/b18-8+,19-14-/t16-/m0/s1. The van der Waals surface area contributed by atoms with Gasteiger partial charge >= 0.3 is 0 Å². The second-order valence-corrected chi connectivity index (χ2v) is 6.60. The second-order valence-electron chi connectivity index (χ2n) is 6.60. The Morgan fingerprint density at radius 3 is 2.56 bits per heavy atom. The smallest absolute Gasteiger partial charge is 0.223 e. The zero-order valence-corrected chi connectivity index (χ0v) is 15.7. The van der Waals surface area contributed by atoms with Crippen molar-refractivity contribution in [1.29, 1.82) is 0 Å². The zero-order valence-electron chi connectivity index (χ0n) is 15.7. The molecule has 5 nitrogen and oxygen atoms in total. The highest BCUT2D eigenvalue weighted by molar-refractivity contribution is 5.90. The number of halogens is 2. The van der Waals surface area contributed by atoms with Crippen LogP contribution in [0.4, 0.5) is 8.78 Å². The first-order chi connectivity index (χ1) is 12.9. The van der Waals surface area contributed by atoms with E-state index in [-0.39, 0.29) is 11.8 Å². The summed E-state index contributed by atoms with van der Waals surface area (Å²) < 4.78 is 31.9. The van der Waals surface area contributed by atoms with Gasteiger partial charge in [-0.1, -0.05) is 18.8 Å². The highest BCUT2D eigenvalue weighted by Crippen LogP contribution is 2.25. The van der Waals surface area contributed by atoms with Crippen LogP contribution in [0.2, 0.25) is 0 Å². The van der Waals surface area contributed by atoms with Crippen LogP contribution in [0.25, 0.3) is 0 Å². The molecule has 0 saturated heterocycles. The summed E-state index contributed by atoms with van der Waals surface area (Å²) in [6, 6.07) is -0.754. The van der Waals surface area contributed by atoms with Crippen LogP contribution < -0.4 is 11.1 Å². The third-order valence-corrected chi connectivity index (χ3v) is 4.48. The lowest BCUT2D eigenvalue weighted by atomic mass is 10.0. The van der Waals surface area contributed by atoms with Gasteiger partial charge in [0.25, 0.3) is 0 Å². The number of ketones is 1. The van der Waals surface area contributed by atoms with Crippen LogP contribution >= 0.6 is 0 Å². The summed E-state index contributed by atoms with van der Waals surface area (Å²) in [5.74, 6) is -1.48. The number of hydrogen-bond acceptors (Lipinski definition) is 4. The largest absolute Gasteiger partial charge is 0.482 e. The van der Waals surface area contributed by atoms with E-state index in [1.54, 1.807) is 0 Å². The summed E-state index contributed by atoms with van der Waals surface area (Å²) in [6.45, 7) is 0.879. The predicted octanol–water partition coefficient (Wildman–Crippen LogP) is 3.06.